The second-order valence-electron chi connectivity index (χ2n) is 4.37. The number of hydrogen-bond donors (Lipinski definition) is 2. The molecule has 8 nitrogen and oxygen atoms in total. The average molecular weight is 312 g/mol. The van der Waals surface area contributed by atoms with Crippen LogP contribution in [0, 0.1) is 10.1 Å². The van der Waals surface area contributed by atoms with Gasteiger partial charge in [-0.1, -0.05) is 18.2 Å². The van der Waals surface area contributed by atoms with Crippen LogP contribution in [0.1, 0.15) is 5.56 Å². The number of amides is 2. The zero-order valence-electron chi connectivity index (χ0n) is 11.8. The van der Waals surface area contributed by atoms with Crippen LogP contribution in [-0.4, -0.2) is 23.0 Å². The summed E-state index contributed by atoms with van der Waals surface area (Å²) in [5.41, 5.74) is 3.06. The number of carbonyl (C=O) groups is 2. The summed E-state index contributed by atoms with van der Waals surface area (Å²) in [6, 6.07) is 14.1. The van der Waals surface area contributed by atoms with Crippen molar-refractivity contribution in [1.82, 2.24) is 5.43 Å². The van der Waals surface area contributed by atoms with Gasteiger partial charge in [0.05, 0.1) is 11.1 Å². The summed E-state index contributed by atoms with van der Waals surface area (Å²) in [7, 11) is 0. The molecule has 0 atom stereocenters. The average Bonchev–Trinajstić information content (AvgIpc) is 2.56. The van der Waals surface area contributed by atoms with Gasteiger partial charge in [-0.05, 0) is 29.8 Å². The molecule has 0 aromatic heterocycles. The maximum atomic E-state index is 11.6. The third-order valence-electron chi connectivity index (χ3n) is 2.72. The van der Waals surface area contributed by atoms with Gasteiger partial charge in [0.2, 0.25) is 0 Å². The van der Waals surface area contributed by atoms with Gasteiger partial charge >= 0.3 is 11.8 Å². The Hall–Kier alpha value is -3.55. The van der Waals surface area contributed by atoms with E-state index in [0.29, 0.717) is 11.3 Å². The lowest BCUT2D eigenvalue weighted by molar-refractivity contribution is -0.384. The summed E-state index contributed by atoms with van der Waals surface area (Å²) in [5, 5.41) is 16.5. The maximum absolute atomic E-state index is 11.6. The summed E-state index contributed by atoms with van der Waals surface area (Å²) in [4.78, 5) is 33.2. The molecule has 116 valence electrons. The van der Waals surface area contributed by atoms with Crippen molar-refractivity contribution in [2.75, 3.05) is 5.32 Å². The summed E-state index contributed by atoms with van der Waals surface area (Å²) in [6.07, 6.45) is 1.28. The Morgan fingerprint density at radius 1 is 1.00 bits per heavy atom. The fourth-order valence-electron chi connectivity index (χ4n) is 1.61. The van der Waals surface area contributed by atoms with Gasteiger partial charge in [0.1, 0.15) is 0 Å². The van der Waals surface area contributed by atoms with E-state index in [1.165, 1.54) is 30.5 Å². The van der Waals surface area contributed by atoms with Gasteiger partial charge in [0.15, 0.2) is 0 Å². The highest BCUT2D eigenvalue weighted by atomic mass is 16.6. The minimum Gasteiger partial charge on any atom is -0.318 e. The molecule has 0 radical (unpaired) electrons. The van der Waals surface area contributed by atoms with Crippen LogP contribution in [0.25, 0.3) is 0 Å². The minimum absolute atomic E-state index is 0.0478. The van der Waals surface area contributed by atoms with Crippen molar-refractivity contribution < 1.29 is 14.5 Å². The quantitative estimate of drug-likeness (QED) is 0.387. The van der Waals surface area contributed by atoms with Crippen LogP contribution < -0.4 is 10.7 Å². The third kappa shape index (κ3) is 4.74. The second-order valence-corrected chi connectivity index (χ2v) is 4.37. The van der Waals surface area contributed by atoms with E-state index in [1.807, 2.05) is 0 Å². The molecule has 23 heavy (non-hydrogen) atoms. The zero-order chi connectivity index (χ0) is 16.7. The number of non-ortho nitro benzene ring substituents is 1. The molecule has 0 saturated heterocycles. The fraction of sp³-hybridized carbons (Fsp3) is 0. The third-order valence-corrected chi connectivity index (χ3v) is 2.72. The zero-order valence-corrected chi connectivity index (χ0v) is 11.8. The molecule has 2 aromatic carbocycles. The molecule has 0 aliphatic rings. The van der Waals surface area contributed by atoms with Crippen molar-refractivity contribution in [1.29, 1.82) is 0 Å². The van der Waals surface area contributed by atoms with Gasteiger partial charge in [0, 0.05) is 17.8 Å². The van der Waals surface area contributed by atoms with Crippen molar-refractivity contribution in [3.05, 3.63) is 70.3 Å². The minimum atomic E-state index is -0.924. The van der Waals surface area contributed by atoms with Crippen molar-refractivity contribution in [2.24, 2.45) is 5.10 Å². The predicted octanol–water partition coefficient (Wildman–Crippen LogP) is 1.68. The number of carbonyl (C=O) groups excluding carboxylic acids is 2. The van der Waals surface area contributed by atoms with Gasteiger partial charge in [-0.3, -0.25) is 19.7 Å². The first-order valence-electron chi connectivity index (χ1n) is 6.50. The highest BCUT2D eigenvalue weighted by Gasteiger charge is 2.12. The number of nitrogens with one attached hydrogen (secondary N) is 2. The van der Waals surface area contributed by atoms with Crippen molar-refractivity contribution in [2.45, 2.75) is 0 Å². The number of anilines is 1. The lowest BCUT2D eigenvalue weighted by Gasteiger charge is -2.02. The Balaban J connectivity index is 1.88. The van der Waals surface area contributed by atoms with Crippen LogP contribution >= 0.6 is 0 Å². The largest absolute Gasteiger partial charge is 0.329 e. The van der Waals surface area contributed by atoms with E-state index in [9.17, 15) is 19.7 Å². The number of hydrazone groups is 1. The number of para-hydroxylation sites is 1. The number of nitro groups is 1. The van der Waals surface area contributed by atoms with Crippen LogP contribution in [0.2, 0.25) is 0 Å². The topological polar surface area (TPSA) is 114 Å². The van der Waals surface area contributed by atoms with E-state index in [0.717, 1.165) is 0 Å². The van der Waals surface area contributed by atoms with Crippen LogP contribution in [-0.2, 0) is 9.59 Å². The fourth-order valence-corrected chi connectivity index (χ4v) is 1.61. The molecule has 0 unspecified atom stereocenters. The second kappa shape index (κ2) is 7.46. The number of hydrogen-bond acceptors (Lipinski definition) is 5. The molecular formula is C15H12N4O4. The predicted molar refractivity (Wildman–Crippen MR) is 83.9 cm³/mol. The molecule has 2 N–H and O–H groups in total. The molecule has 0 bridgehead atoms. The van der Waals surface area contributed by atoms with Crippen LogP contribution in [0.4, 0.5) is 11.4 Å². The lowest BCUT2D eigenvalue weighted by Crippen LogP contribution is -2.32. The smallest absolute Gasteiger partial charge is 0.318 e. The summed E-state index contributed by atoms with van der Waals surface area (Å²) >= 11 is 0. The SMILES string of the molecule is O=C(N/N=C\c1ccc([N+](=O)[O-])cc1)C(=O)Nc1ccccc1. The van der Waals surface area contributed by atoms with Crippen LogP contribution in [0.5, 0.6) is 0 Å². The van der Waals surface area contributed by atoms with Crippen molar-refractivity contribution in [3.8, 4) is 0 Å². The van der Waals surface area contributed by atoms with Crippen LogP contribution in [0.15, 0.2) is 59.7 Å². The summed E-state index contributed by atoms with van der Waals surface area (Å²) in [5.74, 6) is -1.77. The monoisotopic (exact) mass is 312 g/mol. The molecule has 0 saturated carbocycles. The van der Waals surface area contributed by atoms with E-state index >= 15 is 0 Å². The van der Waals surface area contributed by atoms with Crippen molar-refractivity contribution >= 4 is 29.4 Å². The highest BCUT2D eigenvalue weighted by Crippen LogP contribution is 2.10. The van der Waals surface area contributed by atoms with E-state index in [2.05, 4.69) is 15.8 Å². The van der Waals surface area contributed by atoms with E-state index in [1.54, 1.807) is 30.3 Å². The van der Waals surface area contributed by atoms with Crippen LogP contribution in [0.3, 0.4) is 0 Å². The van der Waals surface area contributed by atoms with Gasteiger partial charge in [0.25, 0.3) is 5.69 Å². The van der Waals surface area contributed by atoms with Gasteiger partial charge < -0.3 is 5.32 Å². The Morgan fingerprint density at radius 3 is 2.26 bits per heavy atom. The molecule has 0 aliphatic carbocycles. The van der Waals surface area contributed by atoms with Crippen molar-refractivity contribution in [3.63, 3.8) is 0 Å². The molecule has 0 heterocycles. The molecule has 0 aliphatic heterocycles. The van der Waals surface area contributed by atoms with E-state index in [4.69, 9.17) is 0 Å². The Morgan fingerprint density at radius 2 is 1.65 bits per heavy atom. The number of nitrogens with zero attached hydrogens (tertiary/aromatic N) is 2. The van der Waals surface area contributed by atoms with Gasteiger partial charge in [-0.15, -0.1) is 0 Å². The van der Waals surface area contributed by atoms with Gasteiger partial charge in [-0.25, -0.2) is 5.43 Å². The van der Waals surface area contributed by atoms with Gasteiger partial charge in [-0.2, -0.15) is 5.10 Å². The standard InChI is InChI=1S/C15H12N4O4/c20-14(17-12-4-2-1-3-5-12)15(21)18-16-10-11-6-8-13(9-7-11)19(22)23/h1-10H,(H,17,20)(H,18,21)/b16-10-. The Labute approximate surface area is 131 Å². The number of benzene rings is 2. The van der Waals surface area contributed by atoms with E-state index in [-0.39, 0.29) is 5.69 Å². The lowest BCUT2D eigenvalue weighted by atomic mass is 10.2. The first-order chi connectivity index (χ1) is 11.1. The summed E-state index contributed by atoms with van der Waals surface area (Å²) < 4.78 is 0. The Bertz CT molecular complexity index is 742. The molecule has 2 amide bonds. The highest BCUT2D eigenvalue weighted by molar-refractivity contribution is 6.39. The maximum Gasteiger partial charge on any atom is 0.329 e. The molecule has 0 fully saturated rings. The normalized spacial score (nSPS) is 10.3. The Kier molecular flexibility index (Phi) is 5.13. The number of rotatable bonds is 4. The summed E-state index contributed by atoms with van der Waals surface area (Å²) in [6.45, 7) is 0. The molecule has 2 rings (SSSR count). The first-order valence-corrected chi connectivity index (χ1v) is 6.50. The molecule has 0 spiro atoms. The number of nitro benzene ring substituents is 1. The molecular weight excluding hydrogens is 300 g/mol. The first kappa shape index (κ1) is 15.8. The van der Waals surface area contributed by atoms with E-state index < -0.39 is 16.7 Å². The molecule has 2 aromatic rings. The molecule has 8 heteroatoms.